The van der Waals surface area contributed by atoms with Crippen LogP contribution in [0.3, 0.4) is 0 Å². The molecule has 3 aliphatic heterocycles. The van der Waals surface area contributed by atoms with Crippen molar-refractivity contribution in [3.8, 4) is 11.5 Å². The first kappa shape index (κ1) is 30.9. The van der Waals surface area contributed by atoms with Crippen LogP contribution < -0.4 is 20.9 Å². The van der Waals surface area contributed by atoms with Gasteiger partial charge in [-0.05, 0) is 68.8 Å². The van der Waals surface area contributed by atoms with Crippen LogP contribution in [0.4, 0.5) is 27.9 Å². The molecule has 246 valence electrons. The molecule has 3 aliphatic rings. The number of benzene rings is 2. The van der Waals surface area contributed by atoms with E-state index in [0.717, 1.165) is 41.3 Å². The Bertz CT molecular complexity index is 1630. The lowest BCUT2D eigenvalue weighted by molar-refractivity contribution is 0.0982. The largest absolute Gasteiger partial charge is 0.423 e. The number of hydrogen-bond donors (Lipinski definition) is 2. The number of likely N-dealkylation sites (N-methyl/N-ethyl adjacent to an activating group) is 1. The second-order valence-corrected chi connectivity index (χ2v) is 12.8. The second-order valence-electron chi connectivity index (χ2n) is 12.8. The topological polar surface area (TPSA) is 136 Å². The zero-order chi connectivity index (χ0) is 32.3. The van der Waals surface area contributed by atoms with Gasteiger partial charge in [0.1, 0.15) is 5.82 Å². The lowest BCUT2D eigenvalue weighted by Crippen LogP contribution is -2.52. The molecule has 0 saturated carbocycles. The summed E-state index contributed by atoms with van der Waals surface area (Å²) in [7, 11) is 2.22. The Morgan fingerprint density at radius 3 is 2.34 bits per heavy atom. The van der Waals surface area contributed by atoms with Gasteiger partial charge in [0.15, 0.2) is 0 Å². The Balaban J connectivity index is 1.00. The number of carbonyl (C=O) groups excluding carboxylic acids is 1. The summed E-state index contributed by atoms with van der Waals surface area (Å²) in [6.45, 7) is 10.5. The third kappa shape index (κ3) is 6.86. The summed E-state index contributed by atoms with van der Waals surface area (Å²) < 4.78 is 5.32. The van der Waals surface area contributed by atoms with Gasteiger partial charge in [-0.15, -0.1) is 10.2 Å². The van der Waals surface area contributed by atoms with E-state index in [1.165, 1.54) is 51.1 Å². The maximum Gasteiger partial charge on any atom is 0.315 e. The third-order valence-corrected chi connectivity index (χ3v) is 9.82. The summed E-state index contributed by atoms with van der Waals surface area (Å²) in [4.78, 5) is 33.5. The fourth-order valence-electron chi connectivity index (χ4n) is 7.05. The van der Waals surface area contributed by atoms with E-state index in [2.05, 4.69) is 71.4 Å². The number of aromatic nitrogens is 4. The molecule has 7 rings (SSSR count). The van der Waals surface area contributed by atoms with Crippen LogP contribution in [-0.2, 0) is 0 Å². The van der Waals surface area contributed by atoms with E-state index in [1.54, 1.807) is 4.90 Å². The average Bonchev–Trinajstić information content (AvgIpc) is 3.65. The van der Waals surface area contributed by atoms with Crippen LogP contribution in [0.1, 0.15) is 30.0 Å². The molecule has 13 nitrogen and oxygen atoms in total. The molecular formula is C34H43N11O2. The molecule has 3 saturated heterocycles. The fraction of sp³-hybridized carbons (Fsp3) is 0.441. The monoisotopic (exact) mass is 637 g/mol. The van der Waals surface area contributed by atoms with Crippen LogP contribution in [0.15, 0.2) is 65.5 Å². The Kier molecular flexibility index (Phi) is 8.90. The lowest BCUT2D eigenvalue weighted by Gasteiger charge is -2.42. The Hall–Kier alpha value is -4.75. The molecule has 0 radical (unpaired) electrons. The van der Waals surface area contributed by atoms with Crippen molar-refractivity contribution >= 4 is 29.2 Å². The molecule has 1 atom stereocenters. The Morgan fingerprint density at radius 2 is 1.66 bits per heavy atom. The molecule has 2 aromatic heterocycles. The van der Waals surface area contributed by atoms with E-state index in [0.29, 0.717) is 37.5 Å². The van der Waals surface area contributed by atoms with Gasteiger partial charge in [0, 0.05) is 93.6 Å². The molecule has 5 heterocycles. The highest BCUT2D eigenvalue weighted by molar-refractivity contribution is 5.73. The number of urea groups is 1. The van der Waals surface area contributed by atoms with E-state index in [9.17, 15) is 4.79 Å². The summed E-state index contributed by atoms with van der Waals surface area (Å²) in [6, 6.07) is 16.4. The quantitative estimate of drug-likeness (QED) is 0.307. The second kappa shape index (κ2) is 13.5. The van der Waals surface area contributed by atoms with Crippen molar-refractivity contribution in [3.63, 3.8) is 0 Å². The first-order valence-electron chi connectivity index (χ1n) is 16.5. The van der Waals surface area contributed by atoms with E-state index in [1.807, 2.05) is 37.4 Å². The van der Waals surface area contributed by atoms with E-state index < -0.39 is 6.03 Å². The number of amides is 2. The lowest BCUT2D eigenvalue weighted by atomic mass is 10.0. The van der Waals surface area contributed by atoms with Crippen LogP contribution in [-0.4, -0.2) is 113 Å². The van der Waals surface area contributed by atoms with E-state index in [4.69, 9.17) is 15.1 Å². The highest BCUT2D eigenvalue weighted by Gasteiger charge is 2.32. The Labute approximate surface area is 275 Å². The number of nitrogens with two attached hydrogens (primary N) is 1. The first-order valence-corrected chi connectivity index (χ1v) is 16.5. The number of primary amides is 1. The molecular weight excluding hydrogens is 594 g/mol. The first-order chi connectivity index (χ1) is 22.9. The highest BCUT2D eigenvalue weighted by Crippen LogP contribution is 2.31. The van der Waals surface area contributed by atoms with Crippen LogP contribution in [0, 0.1) is 6.92 Å². The van der Waals surface area contributed by atoms with Crippen molar-refractivity contribution in [2.24, 2.45) is 5.73 Å². The summed E-state index contributed by atoms with van der Waals surface area (Å²) in [5.41, 5.74) is 10.7. The molecule has 0 aliphatic carbocycles. The van der Waals surface area contributed by atoms with Gasteiger partial charge >= 0.3 is 6.03 Å². The molecule has 3 fully saturated rings. The molecule has 13 heteroatoms. The predicted octanol–water partition coefficient (Wildman–Crippen LogP) is 3.74. The average molecular weight is 638 g/mol. The molecule has 4 aromatic rings. The van der Waals surface area contributed by atoms with Crippen molar-refractivity contribution < 1.29 is 9.21 Å². The molecule has 0 bridgehead atoms. The minimum atomic E-state index is -0.444. The number of anilines is 4. The van der Waals surface area contributed by atoms with Gasteiger partial charge in [-0.25, -0.2) is 9.78 Å². The van der Waals surface area contributed by atoms with E-state index in [-0.39, 0.29) is 6.04 Å². The number of rotatable bonds is 7. The zero-order valence-electron chi connectivity index (χ0n) is 27.1. The number of aryl methyl sites for hydroxylation is 1. The molecule has 2 amide bonds. The summed E-state index contributed by atoms with van der Waals surface area (Å²) in [6.07, 6.45) is 5.57. The molecule has 0 spiro atoms. The smallest absolute Gasteiger partial charge is 0.315 e. The molecule has 47 heavy (non-hydrogen) atoms. The Morgan fingerprint density at radius 1 is 0.915 bits per heavy atom. The van der Waals surface area contributed by atoms with Gasteiger partial charge in [0.2, 0.25) is 18.2 Å². The van der Waals surface area contributed by atoms with Crippen molar-refractivity contribution in [2.75, 3.05) is 81.1 Å². The zero-order valence-corrected chi connectivity index (χ0v) is 27.1. The maximum atomic E-state index is 12.4. The maximum absolute atomic E-state index is 12.4. The van der Waals surface area contributed by atoms with Crippen molar-refractivity contribution in [3.05, 3.63) is 72.2 Å². The minimum Gasteiger partial charge on any atom is -0.423 e. The van der Waals surface area contributed by atoms with Gasteiger partial charge in [-0.1, -0.05) is 12.1 Å². The van der Waals surface area contributed by atoms with Gasteiger partial charge in [-0.3, -0.25) is 4.90 Å². The van der Waals surface area contributed by atoms with Crippen LogP contribution >= 0.6 is 0 Å². The van der Waals surface area contributed by atoms with Gasteiger partial charge in [0.05, 0.1) is 6.04 Å². The van der Waals surface area contributed by atoms with Crippen molar-refractivity contribution in [1.29, 1.82) is 0 Å². The number of piperazine rings is 2. The van der Waals surface area contributed by atoms with E-state index >= 15 is 0 Å². The summed E-state index contributed by atoms with van der Waals surface area (Å²) in [5.74, 6) is 1.81. The summed E-state index contributed by atoms with van der Waals surface area (Å²) >= 11 is 0. The molecule has 3 N–H and O–H groups in total. The van der Waals surface area contributed by atoms with Crippen molar-refractivity contribution in [1.82, 2.24) is 34.9 Å². The van der Waals surface area contributed by atoms with Gasteiger partial charge in [0.25, 0.3) is 0 Å². The number of nitrogens with one attached hydrogen (secondary N) is 1. The van der Waals surface area contributed by atoms with Crippen LogP contribution in [0.5, 0.6) is 0 Å². The number of hydrogen-bond acceptors (Lipinski definition) is 11. The normalized spacial score (nSPS) is 20.0. The number of piperidine rings is 1. The highest BCUT2D eigenvalue weighted by atomic mass is 16.4. The number of nitrogens with zero attached hydrogens (tertiary/aromatic N) is 9. The summed E-state index contributed by atoms with van der Waals surface area (Å²) in [5, 5.41) is 11.1. The van der Waals surface area contributed by atoms with Gasteiger partial charge < -0.3 is 35.1 Å². The minimum absolute atomic E-state index is 0.247. The van der Waals surface area contributed by atoms with Crippen LogP contribution in [0.2, 0.25) is 0 Å². The SMILES string of the molecule is Cc1cnc(Nc2ccc(N3CCC(N4CCN(C)CC4)CC3)cc2)nc1N1CCN(C(N)=O)C(c2ccc(-c3nnco3)cc2)C1. The molecule has 1 unspecified atom stereocenters. The van der Waals surface area contributed by atoms with Crippen LogP contribution in [0.25, 0.3) is 11.5 Å². The third-order valence-electron chi connectivity index (χ3n) is 9.82. The predicted molar refractivity (Wildman–Crippen MR) is 182 cm³/mol. The molecule has 2 aromatic carbocycles. The number of carbonyl (C=O) groups is 1. The fourth-order valence-corrected chi connectivity index (χ4v) is 7.05. The standard InChI is InChI=1S/C34H43N11O2/c1-24-21-36-34(38-27-7-9-28(10-8-27)42-13-11-29(12-14-42)43-17-15-41(2)16-18-43)39-31(24)44-19-20-45(33(35)46)30(22-44)25-3-5-26(6-4-25)32-40-37-23-47-32/h3-10,21,23,29-30H,11-20,22H2,1-2H3,(H2,35,46)(H,36,38,39). The van der Waals surface area contributed by atoms with Gasteiger partial charge in [-0.2, -0.15) is 4.98 Å². The van der Waals surface area contributed by atoms with Crippen molar-refractivity contribution in [2.45, 2.75) is 31.8 Å².